The largest absolute Gasteiger partial charge is 0.465 e. The highest BCUT2D eigenvalue weighted by Gasteiger charge is 2.55. The van der Waals surface area contributed by atoms with Crippen molar-refractivity contribution in [3.63, 3.8) is 0 Å². The second-order valence-electron chi connectivity index (χ2n) is 7.06. The molecule has 144 valence electrons. The summed E-state index contributed by atoms with van der Waals surface area (Å²) in [6.07, 6.45) is 3.39. The normalized spacial score (nSPS) is 24.7. The molecule has 1 saturated carbocycles. The SMILES string of the molecule is COC(=O)c1ccc(NC(=O)CN2C(=O)N[C@]3(CCCC[C@@H]3C)C2=O)cc1. The lowest BCUT2D eigenvalue weighted by molar-refractivity contribution is -0.136. The number of nitrogens with zero attached hydrogens (tertiary/aromatic N) is 1. The molecule has 2 N–H and O–H groups in total. The molecule has 0 aromatic heterocycles. The molecule has 1 spiro atoms. The van der Waals surface area contributed by atoms with Crippen molar-refractivity contribution < 1.29 is 23.9 Å². The van der Waals surface area contributed by atoms with E-state index in [0.29, 0.717) is 17.7 Å². The third-order valence-electron chi connectivity index (χ3n) is 5.39. The Balaban J connectivity index is 1.64. The Hall–Kier alpha value is -2.90. The van der Waals surface area contributed by atoms with Gasteiger partial charge in [0.1, 0.15) is 12.1 Å². The summed E-state index contributed by atoms with van der Waals surface area (Å²) in [6, 6.07) is 5.63. The van der Waals surface area contributed by atoms with Gasteiger partial charge in [0.15, 0.2) is 0 Å². The molecule has 2 atom stereocenters. The fourth-order valence-corrected chi connectivity index (χ4v) is 3.79. The fraction of sp³-hybridized carbons (Fsp3) is 0.474. The van der Waals surface area contributed by atoms with Gasteiger partial charge in [-0.25, -0.2) is 9.59 Å². The quantitative estimate of drug-likeness (QED) is 0.620. The molecule has 27 heavy (non-hydrogen) atoms. The Bertz CT molecular complexity index is 776. The Kier molecular flexibility index (Phi) is 5.16. The zero-order valence-electron chi connectivity index (χ0n) is 15.4. The minimum Gasteiger partial charge on any atom is -0.465 e. The average Bonchev–Trinajstić information content (AvgIpc) is 2.89. The van der Waals surface area contributed by atoms with Crippen LogP contribution in [0.1, 0.15) is 43.0 Å². The molecule has 1 aromatic rings. The predicted octanol–water partition coefficient (Wildman–Crippen LogP) is 1.91. The van der Waals surface area contributed by atoms with E-state index < -0.39 is 23.4 Å². The number of rotatable bonds is 4. The maximum Gasteiger partial charge on any atom is 0.337 e. The molecule has 8 nitrogen and oxygen atoms in total. The van der Waals surface area contributed by atoms with Crippen molar-refractivity contribution in [2.24, 2.45) is 5.92 Å². The van der Waals surface area contributed by atoms with Crippen molar-refractivity contribution in [3.8, 4) is 0 Å². The van der Waals surface area contributed by atoms with Crippen molar-refractivity contribution in [1.82, 2.24) is 10.2 Å². The molecule has 1 heterocycles. The first-order chi connectivity index (χ1) is 12.9. The fourth-order valence-electron chi connectivity index (χ4n) is 3.79. The van der Waals surface area contributed by atoms with E-state index in [1.807, 2.05) is 6.92 Å². The van der Waals surface area contributed by atoms with E-state index in [9.17, 15) is 19.2 Å². The molecule has 8 heteroatoms. The second kappa shape index (κ2) is 7.38. The number of benzene rings is 1. The lowest BCUT2D eigenvalue weighted by Crippen LogP contribution is -2.54. The number of ether oxygens (including phenoxy) is 1. The third-order valence-corrected chi connectivity index (χ3v) is 5.39. The maximum absolute atomic E-state index is 12.9. The molecule has 0 unspecified atom stereocenters. The highest BCUT2D eigenvalue weighted by atomic mass is 16.5. The number of carbonyl (C=O) groups excluding carboxylic acids is 4. The van der Waals surface area contributed by atoms with Crippen LogP contribution in [-0.2, 0) is 14.3 Å². The Morgan fingerprint density at radius 2 is 1.96 bits per heavy atom. The van der Waals surface area contributed by atoms with Crippen LogP contribution >= 0.6 is 0 Å². The molecule has 1 aliphatic heterocycles. The van der Waals surface area contributed by atoms with Crippen molar-refractivity contribution in [3.05, 3.63) is 29.8 Å². The number of imide groups is 1. The topological polar surface area (TPSA) is 105 Å². The molecule has 1 aromatic carbocycles. The lowest BCUT2D eigenvalue weighted by Gasteiger charge is -2.36. The molecule has 1 aliphatic carbocycles. The van der Waals surface area contributed by atoms with E-state index in [1.165, 1.54) is 19.2 Å². The number of urea groups is 1. The van der Waals surface area contributed by atoms with Crippen LogP contribution in [0.15, 0.2) is 24.3 Å². The zero-order valence-corrected chi connectivity index (χ0v) is 15.4. The van der Waals surface area contributed by atoms with Crippen LogP contribution in [0.4, 0.5) is 10.5 Å². The van der Waals surface area contributed by atoms with Gasteiger partial charge < -0.3 is 15.4 Å². The highest BCUT2D eigenvalue weighted by molar-refractivity contribution is 6.10. The molecule has 2 aliphatic rings. The molecule has 1 saturated heterocycles. The smallest absolute Gasteiger partial charge is 0.337 e. The van der Waals surface area contributed by atoms with Gasteiger partial charge in [-0.15, -0.1) is 0 Å². The maximum atomic E-state index is 12.9. The minimum atomic E-state index is -0.877. The number of amides is 4. The van der Waals surface area contributed by atoms with Crippen LogP contribution in [0.5, 0.6) is 0 Å². The second-order valence-corrected chi connectivity index (χ2v) is 7.06. The number of esters is 1. The Morgan fingerprint density at radius 3 is 2.59 bits per heavy atom. The van der Waals surface area contributed by atoms with Gasteiger partial charge in [0.05, 0.1) is 12.7 Å². The first kappa shape index (κ1) is 18.9. The van der Waals surface area contributed by atoms with Crippen molar-refractivity contribution in [1.29, 1.82) is 0 Å². The number of methoxy groups -OCH3 is 1. The average molecular weight is 373 g/mol. The first-order valence-electron chi connectivity index (χ1n) is 9.00. The number of nitrogens with one attached hydrogen (secondary N) is 2. The number of hydrogen-bond acceptors (Lipinski definition) is 5. The molecular weight excluding hydrogens is 350 g/mol. The molecular formula is C19H23N3O5. The van der Waals surface area contributed by atoms with Gasteiger partial charge in [-0.05, 0) is 43.0 Å². The summed E-state index contributed by atoms with van der Waals surface area (Å²) in [4.78, 5) is 49.9. The third kappa shape index (κ3) is 3.51. The van der Waals surface area contributed by atoms with E-state index >= 15 is 0 Å². The zero-order chi connectivity index (χ0) is 19.6. The van der Waals surface area contributed by atoms with Gasteiger partial charge in [0.25, 0.3) is 5.91 Å². The molecule has 0 bridgehead atoms. The van der Waals surface area contributed by atoms with E-state index in [4.69, 9.17) is 0 Å². The van der Waals surface area contributed by atoms with Crippen LogP contribution in [0.25, 0.3) is 0 Å². The van der Waals surface area contributed by atoms with E-state index in [2.05, 4.69) is 15.4 Å². The number of hydrogen-bond donors (Lipinski definition) is 2. The van der Waals surface area contributed by atoms with Gasteiger partial charge in [-0.1, -0.05) is 19.8 Å². The van der Waals surface area contributed by atoms with Crippen molar-refractivity contribution in [2.45, 2.75) is 38.1 Å². The number of anilines is 1. The monoisotopic (exact) mass is 373 g/mol. The first-order valence-corrected chi connectivity index (χ1v) is 9.00. The van der Waals surface area contributed by atoms with E-state index in [1.54, 1.807) is 12.1 Å². The lowest BCUT2D eigenvalue weighted by atomic mass is 9.73. The van der Waals surface area contributed by atoms with Crippen LogP contribution in [0.3, 0.4) is 0 Å². The summed E-state index contributed by atoms with van der Waals surface area (Å²) in [7, 11) is 1.29. The molecule has 4 amide bonds. The highest BCUT2D eigenvalue weighted by Crippen LogP contribution is 2.38. The minimum absolute atomic E-state index is 0.0432. The van der Waals surface area contributed by atoms with Gasteiger partial charge in [0.2, 0.25) is 5.91 Å². The summed E-state index contributed by atoms with van der Waals surface area (Å²) in [6.45, 7) is 1.61. The standard InChI is InChI=1S/C19H23N3O5/c1-12-5-3-4-10-19(12)17(25)22(18(26)21-19)11-15(23)20-14-8-6-13(7-9-14)16(24)27-2/h6-9,12H,3-5,10-11H2,1-2H3,(H,20,23)(H,21,26)/t12-,19-/m0/s1. The van der Waals surface area contributed by atoms with Crippen molar-refractivity contribution in [2.75, 3.05) is 19.0 Å². The van der Waals surface area contributed by atoms with Gasteiger partial charge in [-0.2, -0.15) is 0 Å². The summed E-state index contributed by atoms with van der Waals surface area (Å²) in [5.74, 6) is -1.23. The van der Waals surface area contributed by atoms with Crippen LogP contribution in [0, 0.1) is 5.92 Å². The van der Waals surface area contributed by atoms with Gasteiger partial charge in [0, 0.05) is 5.69 Å². The Labute approximate surface area is 157 Å². The molecule has 0 radical (unpaired) electrons. The van der Waals surface area contributed by atoms with E-state index in [-0.39, 0.29) is 18.4 Å². The van der Waals surface area contributed by atoms with Gasteiger partial charge in [-0.3, -0.25) is 14.5 Å². The van der Waals surface area contributed by atoms with Crippen LogP contribution in [-0.4, -0.2) is 47.9 Å². The summed E-state index contributed by atoms with van der Waals surface area (Å²) >= 11 is 0. The van der Waals surface area contributed by atoms with Crippen molar-refractivity contribution >= 4 is 29.5 Å². The van der Waals surface area contributed by atoms with E-state index in [0.717, 1.165) is 24.2 Å². The number of carbonyl (C=O) groups is 4. The predicted molar refractivity (Wildman–Crippen MR) is 97.0 cm³/mol. The summed E-state index contributed by atoms with van der Waals surface area (Å²) in [5.41, 5.74) is -0.0594. The van der Waals surface area contributed by atoms with Crippen LogP contribution in [0.2, 0.25) is 0 Å². The molecule has 3 rings (SSSR count). The Morgan fingerprint density at radius 1 is 1.26 bits per heavy atom. The summed E-state index contributed by atoms with van der Waals surface area (Å²) in [5, 5.41) is 5.45. The molecule has 2 fully saturated rings. The summed E-state index contributed by atoms with van der Waals surface area (Å²) < 4.78 is 4.62. The van der Waals surface area contributed by atoms with Gasteiger partial charge >= 0.3 is 12.0 Å². The van der Waals surface area contributed by atoms with Crippen LogP contribution < -0.4 is 10.6 Å².